The number of rotatable bonds is 2. The maximum absolute atomic E-state index is 6.22. The summed E-state index contributed by atoms with van der Waals surface area (Å²) in [6, 6.07) is 44.2. The molecule has 0 N–H and O–H groups in total. The van der Waals surface area contributed by atoms with Gasteiger partial charge >= 0.3 is 0 Å². The van der Waals surface area contributed by atoms with Gasteiger partial charge in [0, 0.05) is 38.8 Å². The summed E-state index contributed by atoms with van der Waals surface area (Å²) in [5.41, 5.74) is 9.31. The molecule has 0 radical (unpaired) electrons. The molecule has 0 saturated carbocycles. The van der Waals surface area contributed by atoms with Gasteiger partial charge in [0.25, 0.3) is 0 Å². The van der Waals surface area contributed by atoms with Gasteiger partial charge in [-0.1, -0.05) is 103 Å². The Bertz CT molecular complexity index is 2490. The van der Waals surface area contributed by atoms with Gasteiger partial charge in [-0.05, 0) is 58.8 Å². The Balaban J connectivity index is 1.32. The summed E-state index contributed by atoms with van der Waals surface area (Å²) in [5.74, 6) is 0.268. The highest BCUT2D eigenvalue weighted by atomic mass is 16.3. The van der Waals surface area contributed by atoms with E-state index < -0.39 is 0 Å². The number of hydrogen-bond acceptors (Lipinski definition) is 2. The van der Waals surface area contributed by atoms with Crippen LogP contribution in [0.4, 0.5) is 11.4 Å². The standard InChI is InChI=1S/C40H26N2O/c1-2-10-26-23-27(18-17-25(26)9-1)41-35-14-6-3-11-29(35)32-20-21-33-30-12-4-7-15-36(30)42(40(33)39(32)41)28-19-22-38-34(24-28)31-13-5-8-16-37(31)43-38/h1-24,30,36H. The topological polar surface area (TPSA) is 21.3 Å². The number of benzene rings is 6. The van der Waals surface area contributed by atoms with Crippen molar-refractivity contribution in [2.24, 2.45) is 0 Å². The van der Waals surface area contributed by atoms with E-state index in [1.54, 1.807) is 0 Å². The number of fused-ring (bicyclic) bond motifs is 11. The normalized spacial score (nSPS) is 17.5. The molecule has 0 fully saturated rings. The minimum absolute atomic E-state index is 0.185. The van der Waals surface area contributed by atoms with Crippen LogP contribution < -0.4 is 4.90 Å². The third-order valence-corrected chi connectivity index (χ3v) is 9.47. The van der Waals surface area contributed by atoms with Crippen LogP contribution in [0.3, 0.4) is 0 Å². The summed E-state index contributed by atoms with van der Waals surface area (Å²) in [6.07, 6.45) is 9.12. The van der Waals surface area contributed by atoms with Gasteiger partial charge < -0.3 is 13.9 Å². The lowest BCUT2D eigenvalue weighted by molar-refractivity contribution is 0.669. The lowest BCUT2D eigenvalue weighted by atomic mass is 9.91. The molecule has 1 aliphatic carbocycles. The molecule has 8 aromatic rings. The van der Waals surface area contributed by atoms with Crippen LogP contribution in [0.15, 0.2) is 150 Å². The van der Waals surface area contributed by atoms with Crippen molar-refractivity contribution in [3.8, 4) is 5.69 Å². The molecule has 2 aliphatic rings. The lowest BCUT2D eigenvalue weighted by Gasteiger charge is -2.29. The minimum Gasteiger partial charge on any atom is -0.456 e. The second-order valence-corrected chi connectivity index (χ2v) is 11.7. The van der Waals surface area contributed by atoms with E-state index in [1.807, 2.05) is 6.07 Å². The first-order chi connectivity index (χ1) is 21.3. The number of aromatic nitrogens is 1. The van der Waals surface area contributed by atoms with Crippen molar-refractivity contribution in [2.45, 2.75) is 12.0 Å². The Morgan fingerprint density at radius 2 is 1.30 bits per heavy atom. The SMILES string of the molecule is C1=CC2c3ccc4c5ccccc5n(-c5ccc6ccccc6c5)c4c3N(c3ccc4oc5ccccc5c4c3)C2C=C1. The fourth-order valence-electron chi connectivity index (χ4n) is 7.61. The van der Waals surface area contributed by atoms with Gasteiger partial charge in [-0.3, -0.25) is 0 Å². The molecule has 6 aromatic carbocycles. The molecule has 3 heterocycles. The second-order valence-electron chi connectivity index (χ2n) is 11.7. The first-order valence-corrected chi connectivity index (χ1v) is 14.9. The van der Waals surface area contributed by atoms with Crippen LogP contribution in [0.1, 0.15) is 11.5 Å². The molecule has 2 atom stereocenters. The largest absolute Gasteiger partial charge is 0.456 e. The Kier molecular flexibility index (Phi) is 4.56. The molecule has 2 aromatic heterocycles. The highest BCUT2D eigenvalue weighted by molar-refractivity contribution is 6.15. The number of para-hydroxylation sites is 2. The maximum Gasteiger partial charge on any atom is 0.135 e. The van der Waals surface area contributed by atoms with Crippen LogP contribution in [0, 0.1) is 0 Å². The molecule has 3 nitrogen and oxygen atoms in total. The number of nitrogens with zero attached hydrogens (tertiary/aromatic N) is 2. The third-order valence-electron chi connectivity index (χ3n) is 9.47. The second kappa shape index (κ2) is 8.50. The monoisotopic (exact) mass is 550 g/mol. The van der Waals surface area contributed by atoms with Crippen LogP contribution in [-0.4, -0.2) is 10.6 Å². The summed E-state index contributed by atoms with van der Waals surface area (Å²) in [6.45, 7) is 0. The van der Waals surface area contributed by atoms with Gasteiger partial charge in [-0.15, -0.1) is 0 Å². The maximum atomic E-state index is 6.22. The Morgan fingerprint density at radius 3 is 2.26 bits per heavy atom. The minimum atomic E-state index is 0.185. The molecule has 0 amide bonds. The highest BCUT2D eigenvalue weighted by Gasteiger charge is 2.40. The summed E-state index contributed by atoms with van der Waals surface area (Å²) in [5, 5.41) is 7.33. The zero-order valence-electron chi connectivity index (χ0n) is 23.3. The quantitative estimate of drug-likeness (QED) is 0.213. The molecule has 2 unspecified atom stereocenters. The average molecular weight is 551 g/mol. The van der Waals surface area contributed by atoms with Gasteiger partial charge in [0.05, 0.1) is 22.8 Å². The van der Waals surface area contributed by atoms with E-state index in [-0.39, 0.29) is 12.0 Å². The Hall–Kier alpha value is -5.54. The number of allylic oxidation sites excluding steroid dienone is 2. The molecule has 43 heavy (non-hydrogen) atoms. The summed E-state index contributed by atoms with van der Waals surface area (Å²) < 4.78 is 8.71. The summed E-state index contributed by atoms with van der Waals surface area (Å²) in [4.78, 5) is 2.57. The van der Waals surface area contributed by atoms with Crippen LogP contribution in [0.25, 0.3) is 60.2 Å². The summed E-state index contributed by atoms with van der Waals surface area (Å²) in [7, 11) is 0. The molecular weight excluding hydrogens is 524 g/mol. The molecule has 0 saturated heterocycles. The van der Waals surface area contributed by atoms with E-state index in [1.165, 1.54) is 55.2 Å². The Morgan fingerprint density at radius 1 is 0.535 bits per heavy atom. The fraction of sp³-hybridized carbons (Fsp3) is 0.0500. The molecular formula is C40H26N2O. The van der Waals surface area contributed by atoms with E-state index >= 15 is 0 Å². The van der Waals surface area contributed by atoms with E-state index in [0.29, 0.717) is 0 Å². The van der Waals surface area contributed by atoms with Crippen molar-refractivity contribution in [2.75, 3.05) is 4.90 Å². The molecule has 3 heteroatoms. The first kappa shape index (κ1) is 23.1. The van der Waals surface area contributed by atoms with Gasteiger partial charge in [0.15, 0.2) is 0 Å². The smallest absolute Gasteiger partial charge is 0.135 e. The predicted octanol–water partition coefficient (Wildman–Crippen LogP) is 10.6. The summed E-state index contributed by atoms with van der Waals surface area (Å²) >= 11 is 0. The lowest BCUT2D eigenvalue weighted by Crippen LogP contribution is -2.28. The van der Waals surface area contributed by atoms with Crippen molar-refractivity contribution < 1.29 is 4.42 Å². The fourth-order valence-corrected chi connectivity index (χ4v) is 7.61. The van der Waals surface area contributed by atoms with Gasteiger partial charge in [0.2, 0.25) is 0 Å². The first-order valence-electron chi connectivity index (χ1n) is 14.9. The highest BCUT2D eigenvalue weighted by Crippen LogP contribution is 2.53. The van der Waals surface area contributed by atoms with E-state index in [2.05, 4.69) is 149 Å². The van der Waals surface area contributed by atoms with Gasteiger partial charge in [0.1, 0.15) is 11.2 Å². The molecule has 0 bridgehead atoms. The molecule has 1 aliphatic heterocycles. The van der Waals surface area contributed by atoms with Crippen LogP contribution >= 0.6 is 0 Å². The van der Waals surface area contributed by atoms with Crippen LogP contribution in [0.2, 0.25) is 0 Å². The van der Waals surface area contributed by atoms with Crippen LogP contribution in [0.5, 0.6) is 0 Å². The number of hydrogen-bond donors (Lipinski definition) is 0. The predicted molar refractivity (Wildman–Crippen MR) is 179 cm³/mol. The van der Waals surface area contributed by atoms with Crippen molar-refractivity contribution >= 4 is 65.9 Å². The van der Waals surface area contributed by atoms with Crippen LogP contribution in [-0.2, 0) is 0 Å². The number of furan rings is 1. The van der Waals surface area contributed by atoms with Crippen molar-refractivity contribution in [1.82, 2.24) is 4.57 Å². The van der Waals surface area contributed by atoms with Crippen molar-refractivity contribution in [3.05, 3.63) is 151 Å². The third kappa shape index (κ3) is 3.14. The Labute approximate surface area is 248 Å². The molecule has 0 spiro atoms. The van der Waals surface area contributed by atoms with E-state index in [9.17, 15) is 0 Å². The zero-order valence-corrected chi connectivity index (χ0v) is 23.3. The van der Waals surface area contributed by atoms with Crippen molar-refractivity contribution in [1.29, 1.82) is 0 Å². The van der Waals surface area contributed by atoms with Gasteiger partial charge in [-0.25, -0.2) is 0 Å². The van der Waals surface area contributed by atoms with E-state index in [0.717, 1.165) is 21.9 Å². The van der Waals surface area contributed by atoms with Gasteiger partial charge in [-0.2, -0.15) is 0 Å². The molecule has 10 rings (SSSR count). The van der Waals surface area contributed by atoms with Crippen molar-refractivity contribution in [3.63, 3.8) is 0 Å². The number of anilines is 2. The average Bonchev–Trinajstić information content (AvgIpc) is 3.72. The van der Waals surface area contributed by atoms with E-state index in [4.69, 9.17) is 4.42 Å². The zero-order chi connectivity index (χ0) is 28.1. The molecule has 202 valence electrons.